The molecule has 2 aromatic heterocycles. The SMILES string of the molecule is Cc1nn(C)c(C)c1/C=N/Nc1ccc(S(=O)(=O)N2CCCCC2)cn1. The Balaban J connectivity index is 1.69. The van der Waals surface area contributed by atoms with Gasteiger partial charge in [-0.05, 0) is 38.8 Å². The van der Waals surface area contributed by atoms with Crippen LogP contribution in [0.15, 0.2) is 28.3 Å². The number of rotatable bonds is 5. The van der Waals surface area contributed by atoms with Crippen molar-refractivity contribution < 1.29 is 8.42 Å². The van der Waals surface area contributed by atoms with Gasteiger partial charge in [0, 0.05) is 37.6 Å². The number of aromatic nitrogens is 3. The minimum atomic E-state index is -3.46. The summed E-state index contributed by atoms with van der Waals surface area (Å²) in [6.45, 7) is 5.06. The lowest BCUT2D eigenvalue weighted by molar-refractivity contribution is 0.346. The fourth-order valence-electron chi connectivity index (χ4n) is 2.99. The van der Waals surface area contributed by atoms with Crippen LogP contribution in [0.1, 0.15) is 36.2 Å². The van der Waals surface area contributed by atoms with E-state index in [0.717, 1.165) is 36.2 Å². The number of hydrazone groups is 1. The Morgan fingerprint density at radius 1 is 1.19 bits per heavy atom. The number of nitrogens with one attached hydrogen (secondary N) is 1. The molecule has 0 aliphatic carbocycles. The van der Waals surface area contributed by atoms with E-state index in [1.807, 2.05) is 20.9 Å². The third kappa shape index (κ3) is 3.78. The number of hydrogen-bond acceptors (Lipinski definition) is 6. The zero-order valence-corrected chi connectivity index (χ0v) is 16.1. The topological polar surface area (TPSA) is 92.5 Å². The molecule has 140 valence electrons. The predicted octanol–water partition coefficient (Wildman–Crippen LogP) is 2.05. The Bertz CT molecular complexity index is 896. The van der Waals surface area contributed by atoms with E-state index in [1.54, 1.807) is 23.0 Å². The largest absolute Gasteiger partial charge is 0.272 e. The lowest BCUT2D eigenvalue weighted by Crippen LogP contribution is -2.35. The van der Waals surface area contributed by atoms with Gasteiger partial charge in [-0.1, -0.05) is 6.42 Å². The highest BCUT2D eigenvalue weighted by atomic mass is 32.2. The van der Waals surface area contributed by atoms with Gasteiger partial charge < -0.3 is 0 Å². The standard InChI is InChI=1S/C17H24N6O2S/c1-13-16(14(2)22(3)21-13)12-19-20-17-8-7-15(11-18-17)26(24,25)23-9-5-4-6-10-23/h7-8,11-12H,4-6,9-10H2,1-3H3,(H,18,20)/b19-12+. The van der Waals surface area contributed by atoms with E-state index in [2.05, 4.69) is 20.6 Å². The van der Waals surface area contributed by atoms with Crippen molar-refractivity contribution in [3.63, 3.8) is 0 Å². The molecule has 9 heteroatoms. The van der Waals surface area contributed by atoms with Crippen LogP contribution in [0, 0.1) is 13.8 Å². The second kappa shape index (κ2) is 7.55. The number of hydrogen-bond donors (Lipinski definition) is 1. The number of aryl methyl sites for hydroxylation is 2. The van der Waals surface area contributed by atoms with Crippen molar-refractivity contribution in [2.75, 3.05) is 18.5 Å². The van der Waals surface area contributed by atoms with Crippen LogP contribution in [0.4, 0.5) is 5.82 Å². The van der Waals surface area contributed by atoms with E-state index < -0.39 is 10.0 Å². The average Bonchev–Trinajstić information content (AvgIpc) is 2.89. The zero-order valence-electron chi connectivity index (χ0n) is 15.3. The highest BCUT2D eigenvalue weighted by Crippen LogP contribution is 2.20. The predicted molar refractivity (Wildman–Crippen MR) is 101 cm³/mol. The van der Waals surface area contributed by atoms with Crippen LogP contribution < -0.4 is 5.43 Å². The highest BCUT2D eigenvalue weighted by Gasteiger charge is 2.26. The third-order valence-electron chi connectivity index (χ3n) is 4.63. The molecule has 3 heterocycles. The van der Waals surface area contributed by atoms with Crippen LogP contribution in [0.2, 0.25) is 0 Å². The summed E-state index contributed by atoms with van der Waals surface area (Å²) in [4.78, 5) is 4.39. The summed E-state index contributed by atoms with van der Waals surface area (Å²) in [5, 5.41) is 8.51. The number of anilines is 1. The lowest BCUT2D eigenvalue weighted by Gasteiger charge is -2.25. The Kier molecular flexibility index (Phi) is 5.38. The number of piperidine rings is 1. The third-order valence-corrected chi connectivity index (χ3v) is 6.51. The molecular formula is C17H24N6O2S. The molecule has 0 radical (unpaired) electrons. The summed E-state index contributed by atoms with van der Waals surface area (Å²) in [7, 11) is -1.57. The summed E-state index contributed by atoms with van der Waals surface area (Å²) in [5.41, 5.74) is 5.69. The maximum atomic E-state index is 12.6. The smallest absolute Gasteiger partial charge is 0.244 e. The number of nitrogens with zero attached hydrogens (tertiary/aromatic N) is 5. The molecule has 0 spiro atoms. The van der Waals surface area contributed by atoms with E-state index in [1.165, 1.54) is 10.5 Å². The van der Waals surface area contributed by atoms with E-state index in [9.17, 15) is 8.42 Å². The fraction of sp³-hybridized carbons (Fsp3) is 0.471. The lowest BCUT2D eigenvalue weighted by atomic mass is 10.2. The van der Waals surface area contributed by atoms with Gasteiger partial charge in [-0.15, -0.1) is 0 Å². The van der Waals surface area contributed by atoms with Gasteiger partial charge in [0.15, 0.2) is 0 Å². The minimum absolute atomic E-state index is 0.216. The summed E-state index contributed by atoms with van der Waals surface area (Å²) in [6, 6.07) is 3.19. The molecule has 1 aliphatic rings. The monoisotopic (exact) mass is 376 g/mol. The molecule has 1 N–H and O–H groups in total. The zero-order chi connectivity index (χ0) is 18.7. The van der Waals surface area contributed by atoms with Crippen molar-refractivity contribution in [3.8, 4) is 0 Å². The van der Waals surface area contributed by atoms with Crippen molar-refractivity contribution >= 4 is 22.1 Å². The van der Waals surface area contributed by atoms with Gasteiger partial charge in [0.05, 0.1) is 11.9 Å². The molecule has 8 nitrogen and oxygen atoms in total. The van der Waals surface area contributed by atoms with Crippen LogP contribution in [0.25, 0.3) is 0 Å². The molecule has 0 bridgehead atoms. The number of sulfonamides is 1. The summed E-state index contributed by atoms with van der Waals surface area (Å²) >= 11 is 0. The molecular weight excluding hydrogens is 352 g/mol. The molecule has 3 rings (SSSR count). The maximum absolute atomic E-state index is 12.6. The van der Waals surface area contributed by atoms with Crippen molar-refractivity contribution in [1.29, 1.82) is 0 Å². The molecule has 1 aliphatic heterocycles. The van der Waals surface area contributed by atoms with Crippen LogP contribution in [0.5, 0.6) is 0 Å². The van der Waals surface area contributed by atoms with Crippen LogP contribution in [-0.2, 0) is 17.1 Å². The molecule has 1 fully saturated rings. The molecule has 0 atom stereocenters. The van der Waals surface area contributed by atoms with Gasteiger partial charge in [-0.2, -0.15) is 14.5 Å². The first-order valence-corrected chi connectivity index (χ1v) is 10.1. The second-order valence-electron chi connectivity index (χ2n) is 6.42. The van der Waals surface area contributed by atoms with Crippen LogP contribution >= 0.6 is 0 Å². The first kappa shape index (κ1) is 18.5. The molecule has 1 saturated heterocycles. The average molecular weight is 376 g/mol. The minimum Gasteiger partial charge on any atom is -0.272 e. The number of pyridine rings is 1. The van der Waals surface area contributed by atoms with Gasteiger partial charge in [-0.25, -0.2) is 13.4 Å². The van der Waals surface area contributed by atoms with E-state index >= 15 is 0 Å². The molecule has 0 amide bonds. The van der Waals surface area contributed by atoms with Gasteiger partial charge in [-0.3, -0.25) is 10.1 Å². The summed E-state index contributed by atoms with van der Waals surface area (Å²) < 4.78 is 28.5. The van der Waals surface area contributed by atoms with Gasteiger partial charge >= 0.3 is 0 Å². The first-order valence-electron chi connectivity index (χ1n) is 8.65. The molecule has 0 aromatic carbocycles. The molecule has 26 heavy (non-hydrogen) atoms. The first-order chi connectivity index (χ1) is 12.4. The quantitative estimate of drug-likeness (QED) is 0.637. The van der Waals surface area contributed by atoms with Gasteiger partial charge in [0.2, 0.25) is 10.0 Å². The normalized spacial score (nSPS) is 16.3. The van der Waals surface area contributed by atoms with Crippen LogP contribution in [-0.4, -0.2) is 46.8 Å². The van der Waals surface area contributed by atoms with Crippen molar-refractivity contribution in [3.05, 3.63) is 35.3 Å². The fourth-order valence-corrected chi connectivity index (χ4v) is 4.46. The summed E-state index contributed by atoms with van der Waals surface area (Å²) in [5.74, 6) is 0.484. The van der Waals surface area contributed by atoms with Gasteiger partial charge in [0.25, 0.3) is 0 Å². The highest BCUT2D eigenvalue weighted by molar-refractivity contribution is 7.89. The van der Waals surface area contributed by atoms with Crippen molar-refractivity contribution in [2.24, 2.45) is 12.1 Å². The van der Waals surface area contributed by atoms with Crippen molar-refractivity contribution in [1.82, 2.24) is 19.1 Å². The summed E-state index contributed by atoms with van der Waals surface area (Å²) in [6.07, 6.45) is 5.98. The Labute approximate surface area is 154 Å². The molecule has 0 saturated carbocycles. The Hall–Kier alpha value is -2.26. The Morgan fingerprint density at radius 2 is 1.92 bits per heavy atom. The molecule has 2 aromatic rings. The second-order valence-corrected chi connectivity index (χ2v) is 8.36. The van der Waals surface area contributed by atoms with E-state index in [0.29, 0.717) is 18.9 Å². The van der Waals surface area contributed by atoms with E-state index in [4.69, 9.17) is 0 Å². The van der Waals surface area contributed by atoms with Crippen LogP contribution in [0.3, 0.4) is 0 Å². The maximum Gasteiger partial charge on any atom is 0.244 e. The molecule has 0 unspecified atom stereocenters. The van der Waals surface area contributed by atoms with Gasteiger partial charge in [0.1, 0.15) is 10.7 Å². The van der Waals surface area contributed by atoms with E-state index in [-0.39, 0.29) is 4.90 Å². The Morgan fingerprint density at radius 3 is 2.50 bits per heavy atom. The van der Waals surface area contributed by atoms with Crippen molar-refractivity contribution in [2.45, 2.75) is 38.0 Å².